The van der Waals surface area contributed by atoms with E-state index in [-0.39, 0.29) is 17.9 Å². The van der Waals surface area contributed by atoms with Gasteiger partial charge in [0.05, 0.1) is 12.5 Å². The van der Waals surface area contributed by atoms with E-state index in [4.69, 9.17) is 0 Å². The molecule has 0 radical (unpaired) electrons. The summed E-state index contributed by atoms with van der Waals surface area (Å²) in [6, 6.07) is 0. The van der Waals surface area contributed by atoms with Crippen LogP contribution in [0.2, 0.25) is 0 Å². The third-order valence-corrected chi connectivity index (χ3v) is 5.05. The fraction of sp³-hybridized carbons (Fsp3) is 0.923. The van der Waals surface area contributed by atoms with E-state index in [1.54, 1.807) is 0 Å². The molecular weight excluding hydrogens is 216 g/mol. The summed E-state index contributed by atoms with van der Waals surface area (Å²) in [6.07, 6.45) is 4.76. The second-order valence-corrected chi connectivity index (χ2v) is 6.04. The smallest absolute Gasteiger partial charge is 0.228 e. The molecule has 17 heavy (non-hydrogen) atoms. The van der Waals surface area contributed by atoms with Crippen LogP contribution in [0.1, 0.15) is 25.7 Å². The third-order valence-electron chi connectivity index (χ3n) is 5.05. The quantitative estimate of drug-likeness (QED) is 0.723. The summed E-state index contributed by atoms with van der Waals surface area (Å²) < 4.78 is 0. The average Bonchev–Trinajstić information content (AvgIpc) is 2.66. The highest BCUT2D eigenvalue weighted by molar-refractivity contribution is 5.80. The van der Waals surface area contributed by atoms with Gasteiger partial charge < -0.3 is 15.3 Å². The normalized spacial score (nSPS) is 37.7. The van der Waals surface area contributed by atoms with E-state index in [0.717, 1.165) is 32.6 Å². The summed E-state index contributed by atoms with van der Waals surface area (Å²) >= 11 is 0. The van der Waals surface area contributed by atoms with Crippen molar-refractivity contribution < 1.29 is 9.90 Å². The summed E-state index contributed by atoms with van der Waals surface area (Å²) in [5.74, 6) is 1.05. The molecule has 1 aliphatic carbocycles. The minimum Gasteiger partial charge on any atom is -0.396 e. The summed E-state index contributed by atoms with van der Waals surface area (Å²) in [6.45, 7) is 3.61. The first-order valence-corrected chi connectivity index (χ1v) is 6.85. The van der Waals surface area contributed by atoms with E-state index in [1.807, 2.05) is 4.90 Å². The minimum atomic E-state index is 0.0328. The molecule has 3 aliphatic rings. The Kier molecular flexibility index (Phi) is 2.87. The van der Waals surface area contributed by atoms with Gasteiger partial charge in [0.15, 0.2) is 0 Å². The maximum absolute atomic E-state index is 12.2. The minimum absolute atomic E-state index is 0.0328. The number of hydrogen-bond donors (Lipinski definition) is 2. The van der Waals surface area contributed by atoms with Crippen LogP contribution in [0.15, 0.2) is 0 Å². The molecular formula is C13H22N2O2. The first-order chi connectivity index (χ1) is 8.25. The van der Waals surface area contributed by atoms with E-state index >= 15 is 0 Å². The van der Waals surface area contributed by atoms with Gasteiger partial charge in [-0.25, -0.2) is 0 Å². The van der Waals surface area contributed by atoms with Crippen LogP contribution in [0.4, 0.5) is 0 Å². The van der Waals surface area contributed by atoms with E-state index in [0.29, 0.717) is 11.8 Å². The topological polar surface area (TPSA) is 52.6 Å². The number of aliphatic hydroxyl groups is 1. The largest absolute Gasteiger partial charge is 0.396 e. The van der Waals surface area contributed by atoms with Gasteiger partial charge in [0.25, 0.3) is 0 Å². The molecule has 1 amide bonds. The van der Waals surface area contributed by atoms with Crippen molar-refractivity contribution >= 4 is 5.91 Å². The lowest BCUT2D eigenvalue weighted by Gasteiger charge is -2.36. The standard InChI is InChI=1S/C13H22N2O2/c16-9-13-4-2-1-3-11(13)7-15(8-13)12(17)10-5-14-6-10/h10-11,14,16H,1-9H2/t11-,13+/m0/s1. The monoisotopic (exact) mass is 238 g/mol. The van der Waals surface area contributed by atoms with E-state index < -0.39 is 0 Å². The zero-order valence-corrected chi connectivity index (χ0v) is 10.3. The van der Waals surface area contributed by atoms with Crippen LogP contribution in [0.25, 0.3) is 0 Å². The first kappa shape index (κ1) is 11.5. The van der Waals surface area contributed by atoms with Crippen LogP contribution in [0.5, 0.6) is 0 Å². The lowest BCUT2D eigenvalue weighted by atomic mass is 9.69. The highest BCUT2D eigenvalue weighted by atomic mass is 16.3. The van der Waals surface area contributed by atoms with E-state index in [9.17, 15) is 9.90 Å². The zero-order chi connectivity index (χ0) is 11.9. The molecule has 2 heterocycles. The van der Waals surface area contributed by atoms with Gasteiger partial charge in [0.1, 0.15) is 0 Å². The van der Waals surface area contributed by atoms with Crippen molar-refractivity contribution in [3.63, 3.8) is 0 Å². The van der Waals surface area contributed by atoms with Crippen molar-refractivity contribution in [1.29, 1.82) is 0 Å². The Labute approximate surface area is 102 Å². The average molecular weight is 238 g/mol. The Bertz CT molecular complexity index is 317. The molecule has 0 aromatic carbocycles. The number of fused-ring (bicyclic) bond motifs is 1. The molecule has 0 aromatic heterocycles. The molecule has 0 spiro atoms. The molecule has 96 valence electrons. The fourth-order valence-corrected chi connectivity index (χ4v) is 3.73. The maximum atomic E-state index is 12.2. The number of nitrogens with zero attached hydrogens (tertiary/aromatic N) is 1. The van der Waals surface area contributed by atoms with Gasteiger partial charge in [-0.1, -0.05) is 12.8 Å². The molecule has 0 aromatic rings. The van der Waals surface area contributed by atoms with Gasteiger partial charge >= 0.3 is 0 Å². The van der Waals surface area contributed by atoms with Crippen molar-refractivity contribution in [2.45, 2.75) is 25.7 Å². The summed E-state index contributed by atoms with van der Waals surface area (Å²) in [7, 11) is 0. The number of amides is 1. The number of rotatable bonds is 2. The van der Waals surface area contributed by atoms with Crippen molar-refractivity contribution in [1.82, 2.24) is 10.2 Å². The first-order valence-electron chi connectivity index (χ1n) is 6.85. The van der Waals surface area contributed by atoms with Gasteiger partial charge in [-0.15, -0.1) is 0 Å². The van der Waals surface area contributed by atoms with Crippen LogP contribution in [0, 0.1) is 17.3 Å². The van der Waals surface area contributed by atoms with Crippen molar-refractivity contribution in [3.05, 3.63) is 0 Å². The van der Waals surface area contributed by atoms with Crippen LogP contribution >= 0.6 is 0 Å². The Morgan fingerprint density at radius 3 is 2.82 bits per heavy atom. The molecule has 3 fully saturated rings. The summed E-state index contributed by atoms with van der Waals surface area (Å²) in [4.78, 5) is 14.3. The van der Waals surface area contributed by atoms with Gasteiger partial charge in [-0.3, -0.25) is 4.79 Å². The fourth-order valence-electron chi connectivity index (χ4n) is 3.73. The van der Waals surface area contributed by atoms with Gasteiger partial charge in [-0.05, 0) is 18.8 Å². The highest BCUT2D eigenvalue weighted by Gasteiger charge is 2.49. The predicted octanol–water partition coefficient (Wildman–Crippen LogP) is 0.217. The molecule has 4 nitrogen and oxygen atoms in total. The van der Waals surface area contributed by atoms with Crippen LogP contribution in [-0.4, -0.2) is 48.7 Å². The second kappa shape index (κ2) is 4.25. The van der Waals surface area contributed by atoms with Crippen molar-refractivity contribution in [2.24, 2.45) is 17.3 Å². The number of aliphatic hydroxyl groups excluding tert-OH is 1. The molecule has 1 saturated carbocycles. The Morgan fingerprint density at radius 2 is 2.24 bits per heavy atom. The SMILES string of the molecule is O=C(C1CNC1)N1C[C@@H]2CCCC[C@]2(CO)C1. The van der Waals surface area contributed by atoms with Gasteiger partial charge in [0.2, 0.25) is 5.91 Å². The van der Waals surface area contributed by atoms with Gasteiger partial charge in [-0.2, -0.15) is 0 Å². The Morgan fingerprint density at radius 1 is 1.41 bits per heavy atom. The van der Waals surface area contributed by atoms with Crippen LogP contribution < -0.4 is 5.32 Å². The predicted molar refractivity (Wildman–Crippen MR) is 64.4 cm³/mol. The Balaban J connectivity index is 1.71. The van der Waals surface area contributed by atoms with Crippen molar-refractivity contribution in [2.75, 3.05) is 32.8 Å². The molecule has 4 heteroatoms. The molecule has 0 bridgehead atoms. The number of carbonyl (C=O) groups is 1. The number of carbonyl (C=O) groups excluding carboxylic acids is 1. The molecule has 2 aliphatic heterocycles. The molecule has 0 unspecified atom stereocenters. The van der Waals surface area contributed by atoms with E-state index in [2.05, 4.69) is 5.32 Å². The highest BCUT2D eigenvalue weighted by Crippen LogP contribution is 2.46. The Hall–Kier alpha value is -0.610. The molecule has 2 saturated heterocycles. The maximum Gasteiger partial charge on any atom is 0.228 e. The van der Waals surface area contributed by atoms with Crippen LogP contribution in [0.3, 0.4) is 0 Å². The van der Waals surface area contributed by atoms with E-state index in [1.165, 1.54) is 19.3 Å². The molecule has 2 N–H and O–H groups in total. The second-order valence-electron chi connectivity index (χ2n) is 6.04. The lowest BCUT2D eigenvalue weighted by molar-refractivity contribution is -0.136. The summed E-state index contributed by atoms with van der Waals surface area (Å²) in [5.41, 5.74) is 0.0328. The number of hydrogen-bond acceptors (Lipinski definition) is 3. The number of likely N-dealkylation sites (tertiary alicyclic amines) is 1. The zero-order valence-electron chi connectivity index (χ0n) is 10.3. The molecule has 2 atom stereocenters. The molecule has 3 rings (SSSR count). The van der Waals surface area contributed by atoms with Gasteiger partial charge in [0, 0.05) is 31.6 Å². The third kappa shape index (κ3) is 1.78. The van der Waals surface area contributed by atoms with Crippen molar-refractivity contribution in [3.8, 4) is 0 Å². The van der Waals surface area contributed by atoms with Crippen LogP contribution in [-0.2, 0) is 4.79 Å². The number of nitrogens with one attached hydrogen (secondary N) is 1. The lowest BCUT2D eigenvalue weighted by Crippen LogP contribution is -2.52. The summed E-state index contributed by atoms with van der Waals surface area (Å²) in [5, 5.41) is 12.9.